The lowest BCUT2D eigenvalue weighted by Gasteiger charge is -2.25. The summed E-state index contributed by atoms with van der Waals surface area (Å²) in [4.78, 5) is 45.6. The third-order valence-corrected chi connectivity index (χ3v) is 8.41. The Morgan fingerprint density at radius 1 is 1.11 bits per heavy atom. The molecule has 0 bridgehead atoms. The zero-order chi connectivity index (χ0) is 26.0. The van der Waals surface area contributed by atoms with E-state index in [2.05, 4.69) is 0 Å². The fraction of sp³-hybridized carbons (Fsp3) is 0.375. The smallest absolute Gasteiger partial charge is 0.308 e. The van der Waals surface area contributed by atoms with Crippen molar-refractivity contribution in [1.29, 1.82) is 0 Å². The molecule has 192 valence electrons. The monoisotopic (exact) mass is 519 g/mol. The molecule has 0 spiro atoms. The average molecular weight is 519 g/mol. The number of halogens is 1. The van der Waals surface area contributed by atoms with Gasteiger partial charge in [0.05, 0.1) is 36.8 Å². The molecule has 1 aromatic heterocycles. The highest BCUT2D eigenvalue weighted by atomic mass is 31.2. The highest BCUT2D eigenvalue weighted by Crippen LogP contribution is 2.57. The van der Waals surface area contributed by atoms with E-state index in [0.717, 1.165) is 12.1 Å². The molecule has 36 heavy (non-hydrogen) atoms. The van der Waals surface area contributed by atoms with Gasteiger partial charge in [-0.25, -0.2) is 9.18 Å². The molecular formula is C24H27FN3O7P. The Bertz CT molecular complexity index is 1440. The highest BCUT2D eigenvalue weighted by molar-refractivity contribution is 7.54. The maximum absolute atomic E-state index is 13.7. The largest absolute Gasteiger partial charge is 0.350 e. The number of aromatic nitrogens is 2. The lowest BCUT2D eigenvalue weighted by Crippen LogP contribution is -2.45. The molecule has 1 fully saturated rings. The molecule has 10 nitrogen and oxygen atoms in total. The molecule has 1 aliphatic heterocycles. The van der Waals surface area contributed by atoms with Gasteiger partial charge in [0.25, 0.3) is 11.5 Å². The minimum Gasteiger partial charge on any atom is -0.308 e. The Morgan fingerprint density at radius 3 is 2.47 bits per heavy atom. The van der Waals surface area contributed by atoms with E-state index in [-0.39, 0.29) is 37.1 Å². The first-order chi connectivity index (χ1) is 17.2. The molecular weight excluding hydrogens is 492 g/mol. The minimum absolute atomic E-state index is 0.0465. The zero-order valence-corrected chi connectivity index (χ0v) is 21.0. The van der Waals surface area contributed by atoms with Crippen LogP contribution in [0.3, 0.4) is 0 Å². The molecule has 2 aromatic carbocycles. The van der Waals surface area contributed by atoms with Crippen molar-refractivity contribution in [2.75, 3.05) is 20.3 Å². The third kappa shape index (κ3) is 4.85. The number of fused-ring (bicyclic) bond motifs is 1. The van der Waals surface area contributed by atoms with Crippen molar-refractivity contribution >= 4 is 24.4 Å². The van der Waals surface area contributed by atoms with Crippen LogP contribution >= 0.6 is 7.60 Å². The Morgan fingerprint density at radius 2 is 1.81 bits per heavy atom. The average Bonchev–Trinajstić information content (AvgIpc) is 3.23. The number of rotatable bonds is 8. The number of nitrogens with zero attached hydrogens (tertiary/aromatic N) is 3. The van der Waals surface area contributed by atoms with Crippen LogP contribution in [-0.4, -0.2) is 52.3 Å². The minimum atomic E-state index is -3.53. The third-order valence-electron chi connectivity index (χ3n) is 5.90. The maximum atomic E-state index is 13.7. The van der Waals surface area contributed by atoms with Crippen molar-refractivity contribution < 1.29 is 27.6 Å². The maximum Gasteiger partial charge on any atom is 0.350 e. The van der Waals surface area contributed by atoms with E-state index in [1.165, 1.54) is 27.8 Å². The summed E-state index contributed by atoms with van der Waals surface area (Å²) in [5.74, 6) is -2.32. The van der Waals surface area contributed by atoms with Gasteiger partial charge in [0.2, 0.25) is 0 Å². The number of para-hydroxylation sites is 1. The van der Waals surface area contributed by atoms with Crippen LogP contribution in [0.1, 0.15) is 30.6 Å². The van der Waals surface area contributed by atoms with Crippen LogP contribution < -0.4 is 11.2 Å². The second kappa shape index (κ2) is 10.6. The zero-order valence-electron chi connectivity index (χ0n) is 20.1. The van der Waals surface area contributed by atoms with Crippen LogP contribution in [0.4, 0.5) is 4.39 Å². The quantitative estimate of drug-likeness (QED) is 0.418. The Labute approximate surface area is 206 Å². The molecule has 2 atom stereocenters. The van der Waals surface area contributed by atoms with Gasteiger partial charge in [-0.15, -0.1) is 0 Å². The van der Waals surface area contributed by atoms with Gasteiger partial charge in [-0.3, -0.25) is 23.6 Å². The van der Waals surface area contributed by atoms with Gasteiger partial charge in [0, 0.05) is 19.0 Å². The Balaban J connectivity index is 1.76. The molecule has 12 heteroatoms. The van der Waals surface area contributed by atoms with Gasteiger partial charge < -0.3 is 9.05 Å². The number of hydroxylamine groups is 2. The number of carbonyl (C=O) groups excluding carboxylic acids is 1. The molecule has 1 aliphatic rings. The van der Waals surface area contributed by atoms with E-state index in [1.807, 2.05) is 0 Å². The molecule has 3 aromatic rings. The molecule has 2 unspecified atom stereocenters. The van der Waals surface area contributed by atoms with Crippen LogP contribution in [-0.2, 0) is 25.0 Å². The van der Waals surface area contributed by atoms with Gasteiger partial charge in [0.1, 0.15) is 11.6 Å². The van der Waals surface area contributed by atoms with E-state index in [9.17, 15) is 23.3 Å². The summed E-state index contributed by atoms with van der Waals surface area (Å²) in [5.41, 5.74) is -1.52. The van der Waals surface area contributed by atoms with Crippen molar-refractivity contribution in [3.63, 3.8) is 0 Å². The van der Waals surface area contributed by atoms with Gasteiger partial charge in [-0.05, 0) is 44.2 Å². The van der Waals surface area contributed by atoms with Crippen molar-refractivity contribution in [3.8, 4) is 0 Å². The van der Waals surface area contributed by atoms with Gasteiger partial charge in [-0.1, -0.05) is 18.2 Å². The Kier molecular flexibility index (Phi) is 7.67. The first-order valence-corrected chi connectivity index (χ1v) is 13.1. The summed E-state index contributed by atoms with van der Waals surface area (Å²) in [7, 11) is -1.93. The molecule has 0 amide bonds. The topological polar surface area (TPSA) is 109 Å². The summed E-state index contributed by atoms with van der Waals surface area (Å²) >= 11 is 0. The first-order valence-electron chi connectivity index (χ1n) is 11.5. The van der Waals surface area contributed by atoms with E-state index < -0.39 is 42.5 Å². The second-order valence-electron chi connectivity index (χ2n) is 8.23. The summed E-state index contributed by atoms with van der Waals surface area (Å²) in [5, 5.41) is 1.54. The summed E-state index contributed by atoms with van der Waals surface area (Å²) in [6.07, 6.45) is -0.420. The van der Waals surface area contributed by atoms with Crippen molar-refractivity contribution in [2.45, 2.75) is 38.7 Å². The summed E-state index contributed by atoms with van der Waals surface area (Å²) in [6.45, 7) is 3.75. The normalized spacial score (nSPS) is 18.7. The fourth-order valence-corrected chi connectivity index (χ4v) is 6.45. The second-order valence-corrected chi connectivity index (χ2v) is 10.4. The number of hydrogen-bond donors (Lipinski definition) is 0. The van der Waals surface area contributed by atoms with Crippen LogP contribution in [0, 0.1) is 5.82 Å². The predicted octanol–water partition coefficient (Wildman–Crippen LogP) is 3.22. The fourth-order valence-electron chi connectivity index (χ4n) is 4.37. The van der Waals surface area contributed by atoms with Crippen molar-refractivity contribution in [2.24, 2.45) is 0 Å². The molecule has 0 N–H and O–H groups in total. The predicted molar refractivity (Wildman–Crippen MR) is 130 cm³/mol. The summed E-state index contributed by atoms with van der Waals surface area (Å²) in [6, 6.07) is 11.2. The van der Waals surface area contributed by atoms with Crippen LogP contribution in [0.15, 0.2) is 58.1 Å². The van der Waals surface area contributed by atoms with Crippen LogP contribution in [0.25, 0.3) is 10.9 Å². The molecule has 1 saturated heterocycles. The van der Waals surface area contributed by atoms with Gasteiger partial charge >= 0.3 is 13.3 Å². The molecule has 0 saturated carbocycles. The van der Waals surface area contributed by atoms with Crippen molar-refractivity contribution in [1.82, 2.24) is 14.2 Å². The number of hydrogen-bond acceptors (Lipinski definition) is 8. The van der Waals surface area contributed by atoms with Crippen molar-refractivity contribution in [3.05, 3.63) is 80.7 Å². The highest BCUT2D eigenvalue weighted by Gasteiger charge is 2.46. The standard InChI is InChI=1S/C24H27FN3O7P/c1-4-33-36(32,34-5-2)21-14-18(35-26(21)3)15-27-20-12-7-6-11-19(20)23(30)28(24(27)31)22(29)16-9-8-10-17(25)13-16/h6-13,18,21H,4-5,14-15H2,1-3H3. The lowest BCUT2D eigenvalue weighted by molar-refractivity contribution is -0.138. The van der Waals surface area contributed by atoms with E-state index in [4.69, 9.17) is 13.9 Å². The molecule has 4 rings (SSSR count). The molecule has 0 radical (unpaired) electrons. The molecule has 0 aliphatic carbocycles. The van der Waals surface area contributed by atoms with E-state index in [0.29, 0.717) is 10.1 Å². The molecule has 2 heterocycles. The number of benzene rings is 2. The first kappa shape index (κ1) is 26.1. The van der Waals surface area contributed by atoms with E-state index in [1.54, 1.807) is 39.1 Å². The van der Waals surface area contributed by atoms with E-state index >= 15 is 0 Å². The van der Waals surface area contributed by atoms with Crippen LogP contribution in [0.2, 0.25) is 0 Å². The van der Waals surface area contributed by atoms with Crippen LogP contribution in [0.5, 0.6) is 0 Å². The number of carbonyl (C=O) groups is 1. The van der Waals surface area contributed by atoms with Gasteiger partial charge in [0.15, 0.2) is 0 Å². The lowest BCUT2D eigenvalue weighted by atomic mass is 10.2. The van der Waals surface area contributed by atoms with Gasteiger partial charge in [-0.2, -0.15) is 9.63 Å². The summed E-state index contributed by atoms with van der Waals surface area (Å²) < 4.78 is 39.8. The Hall–Kier alpha value is -2.95. The SMILES string of the molecule is CCOP(=O)(OCC)C1CC(Cn2c(=O)n(C(=O)c3cccc(F)c3)c(=O)c3ccccc32)ON1C.